The van der Waals surface area contributed by atoms with Gasteiger partial charge >= 0.3 is 0 Å². The van der Waals surface area contributed by atoms with E-state index < -0.39 is 0 Å². The van der Waals surface area contributed by atoms with E-state index in [1.807, 2.05) is 23.9 Å². The lowest BCUT2D eigenvalue weighted by molar-refractivity contribution is -0.114. The van der Waals surface area contributed by atoms with Crippen molar-refractivity contribution < 1.29 is 4.79 Å². The zero-order chi connectivity index (χ0) is 20.7. The normalized spacial score (nSPS) is 19.9. The van der Waals surface area contributed by atoms with Crippen LogP contribution in [0.4, 0.5) is 5.69 Å². The summed E-state index contributed by atoms with van der Waals surface area (Å²) in [5.41, 5.74) is 4.88. The van der Waals surface area contributed by atoms with Gasteiger partial charge in [0.15, 0.2) is 0 Å². The average molecular weight is 440 g/mol. The summed E-state index contributed by atoms with van der Waals surface area (Å²) in [4.78, 5) is 18.8. The summed E-state index contributed by atoms with van der Waals surface area (Å²) < 4.78 is 0. The van der Waals surface area contributed by atoms with Crippen molar-refractivity contribution in [2.45, 2.75) is 36.5 Å². The number of hydrogen-bond donors (Lipinski definition) is 2. The molecule has 0 spiro atoms. The molecule has 1 amide bonds. The van der Waals surface area contributed by atoms with Gasteiger partial charge in [-0.2, -0.15) is 0 Å². The molecular weight excluding hydrogens is 414 g/mol. The molecule has 3 heterocycles. The number of hydrogen-bond acceptors (Lipinski definition) is 3. The van der Waals surface area contributed by atoms with Gasteiger partial charge in [-0.15, -0.1) is 11.8 Å². The summed E-state index contributed by atoms with van der Waals surface area (Å²) in [6, 6.07) is 12.4. The second kappa shape index (κ2) is 8.29. The Balaban J connectivity index is 1.24. The van der Waals surface area contributed by atoms with Gasteiger partial charge in [-0.1, -0.05) is 11.6 Å². The van der Waals surface area contributed by atoms with Gasteiger partial charge in [0, 0.05) is 57.8 Å². The highest BCUT2D eigenvalue weighted by atomic mass is 35.5. The van der Waals surface area contributed by atoms with E-state index in [9.17, 15) is 4.79 Å². The zero-order valence-electron chi connectivity index (χ0n) is 17.1. The third-order valence-corrected chi connectivity index (χ3v) is 7.88. The largest absolute Gasteiger partial charge is 0.361 e. The number of carbonyl (C=O) groups is 1. The Morgan fingerprint density at radius 2 is 2.03 bits per heavy atom. The molecular formula is C24H26ClN3OS. The molecule has 3 aromatic rings. The van der Waals surface area contributed by atoms with E-state index in [0.29, 0.717) is 11.8 Å². The molecule has 1 fully saturated rings. The molecule has 1 saturated heterocycles. The van der Waals surface area contributed by atoms with E-state index >= 15 is 0 Å². The van der Waals surface area contributed by atoms with E-state index in [-0.39, 0.29) is 5.91 Å². The fraction of sp³-hybridized carbons (Fsp3) is 0.375. The number of thioether (sulfide) groups is 1. The van der Waals surface area contributed by atoms with Gasteiger partial charge < -0.3 is 15.2 Å². The lowest BCUT2D eigenvalue weighted by atomic mass is 9.88. The van der Waals surface area contributed by atoms with Crippen LogP contribution in [0.3, 0.4) is 0 Å². The molecule has 1 aromatic heterocycles. The first-order chi connectivity index (χ1) is 14.6. The molecule has 0 bridgehead atoms. The van der Waals surface area contributed by atoms with Crippen molar-refractivity contribution in [2.75, 3.05) is 30.7 Å². The molecule has 1 atom stereocenters. The Morgan fingerprint density at radius 1 is 1.20 bits per heavy atom. The van der Waals surface area contributed by atoms with Crippen LogP contribution in [-0.4, -0.2) is 41.2 Å². The average Bonchev–Trinajstić information content (AvgIpc) is 3.32. The molecule has 30 heavy (non-hydrogen) atoms. The second-order valence-electron chi connectivity index (χ2n) is 8.45. The monoisotopic (exact) mass is 439 g/mol. The Morgan fingerprint density at radius 3 is 2.83 bits per heavy atom. The molecule has 2 aromatic carbocycles. The molecule has 156 valence electrons. The summed E-state index contributed by atoms with van der Waals surface area (Å²) in [7, 11) is 0. The summed E-state index contributed by atoms with van der Waals surface area (Å²) in [5, 5.41) is 5.00. The van der Waals surface area contributed by atoms with Gasteiger partial charge in [-0.05, 0) is 79.4 Å². The topological polar surface area (TPSA) is 48.1 Å². The van der Waals surface area contributed by atoms with Crippen LogP contribution in [0.5, 0.6) is 0 Å². The first-order valence-electron chi connectivity index (χ1n) is 10.6. The van der Waals surface area contributed by atoms with Gasteiger partial charge in [0.05, 0.1) is 0 Å². The van der Waals surface area contributed by atoms with Crippen molar-refractivity contribution in [3.05, 3.63) is 58.7 Å². The second-order valence-corrected chi connectivity index (χ2v) is 9.95. The molecule has 2 aliphatic rings. The number of aromatic amines is 1. The van der Waals surface area contributed by atoms with Crippen molar-refractivity contribution in [1.29, 1.82) is 0 Å². The summed E-state index contributed by atoms with van der Waals surface area (Å²) in [5.74, 6) is 2.23. The van der Waals surface area contributed by atoms with Crippen molar-refractivity contribution in [1.82, 2.24) is 9.88 Å². The number of anilines is 1. The minimum atomic E-state index is -0.0159. The Labute approximate surface area is 186 Å². The third kappa shape index (κ3) is 3.98. The van der Waals surface area contributed by atoms with Gasteiger partial charge in [-0.25, -0.2) is 0 Å². The van der Waals surface area contributed by atoms with Crippen LogP contribution in [0.15, 0.2) is 47.5 Å². The number of carbonyl (C=O) groups excluding carboxylic acids is 1. The summed E-state index contributed by atoms with van der Waals surface area (Å²) in [6.45, 7) is 4.90. The molecule has 2 aliphatic heterocycles. The molecule has 0 aliphatic carbocycles. The number of nitrogens with zero attached hydrogens (tertiary/aromatic N) is 1. The Kier molecular flexibility index (Phi) is 5.52. The number of H-pyrrole nitrogens is 1. The van der Waals surface area contributed by atoms with E-state index in [4.69, 9.17) is 11.6 Å². The van der Waals surface area contributed by atoms with Crippen molar-refractivity contribution in [3.8, 4) is 0 Å². The minimum absolute atomic E-state index is 0.0159. The molecule has 0 saturated carbocycles. The highest BCUT2D eigenvalue weighted by Crippen LogP contribution is 2.42. The molecule has 2 N–H and O–H groups in total. The maximum atomic E-state index is 11.4. The SMILES string of the molecule is CC(=O)Nc1ccc2c(c1)C(CN1CCC(c3c[nH]c4ccc(Cl)cc34)CC1)CS2. The highest BCUT2D eigenvalue weighted by molar-refractivity contribution is 7.99. The zero-order valence-corrected chi connectivity index (χ0v) is 18.7. The number of benzene rings is 2. The standard InChI is InChI=1S/C24H26ClN3OS/c1-15(29)27-19-3-5-24-20(11-19)17(14-30-24)13-28-8-6-16(7-9-28)22-12-26-23-4-2-18(25)10-21(22)23/h2-5,10-12,16-17,26H,6-9,13-14H2,1H3,(H,27,29). The number of piperidine rings is 1. The van der Waals surface area contributed by atoms with Crippen LogP contribution < -0.4 is 5.32 Å². The van der Waals surface area contributed by atoms with Crippen LogP contribution >= 0.6 is 23.4 Å². The van der Waals surface area contributed by atoms with Crippen LogP contribution in [0.1, 0.15) is 42.7 Å². The molecule has 1 unspecified atom stereocenters. The number of halogens is 1. The lowest BCUT2D eigenvalue weighted by Crippen LogP contribution is -2.36. The maximum absolute atomic E-state index is 11.4. The van der Waals surface area contributed by atoms with Crippen molar-refractivity contribution in [3.63, 3.8) is 0 Å². The van der Waals surface area contributed by atoms with E-state index in [2.05, 4.69) is 45.7 Å². The quantitative estimate of drug-likeness (QED) is 0.536. The van der Waals surface area contributed by atoms with E-state index in [1.54, 1.807) is 6.92 Å². The predicted molar refractivity (Wildman–Crippen MR) is 126 cm³/mol. The highest BCUT2D eigenvalue weighted by Gasteiger charge is 2.29. The number of aromatic nitrogens is 1. The van der Waals surface area contributed by atoms with Crippen LogP contribution in [0.2, 0.25) is 5.02 Å². The fourth-order valence-electron chi connectivity index (χ4n) is 4.90. The number of rotatable bonds is 4. The van der Waals surface area contributed by atoms with Gasteiger partial charge in [0.1, 0.15) is 0 Å². The fourth-order valence-corrected chi connectivity index (χ4v) is 6.30. The summed E-state index contributed by atoms with van der Waals surface area (Å²) in [6.07, 6.45) is 4.53. The molecule has 5 rings (SSSR count). The number of nitrogens with one attached hydrogen (secondary N) is 2. The van der Waals surface area contributed by atoms with Gasteiger partial charge in [-0.3, -0.25) is 4.79 Å². The van der Waals surface area contributed by atoms with Crippen molar-refractivity contribution >= 4 is 45.9 Å². The number of amides is 1. The molecule has 0 radical (unpaired) electrons. The third-order valence-electron chi connectivity index (χ3n) is 6.39. The van der Waals surface area contributed by atoms with E-state index in [1.165, 1.54) is 39.8 Å². The first-order valence-corrected chi connectivity index (χ1v) is 12.0. The number of fused-ring (bicyclic) bond motifs is 2. The van der Waals surface area contributed by atoms with Crippen LogP contribution in [0, 0.1) is 0 Å². The van der Waals surface area contributed by atoms with Crippen LogP contribution in [-0.2, 0) is 4.79 Å². The number of likely N-dealkylation sites (tertiary alicyclic amines) is 1. The van der Waals surface area contributed by atoms with Crippen LogP contribution in [0.25, 0.3) is 10.9 Å². The molecule has 6 heteroatoms. The van der Waals surface area contributed by atoms with Crippen molar-refractivity contribution in [2.24, 2.45) is 0 Å². The van der Waals surface area contributed by atoms with E-state index in [0.717, 1.165) is 36.1 Å². The van der Waals surface area contributed by atoms with Gasteiger partial charge in [0.2, 0.25) is 5.91 Å². The Hall–Kier alpha value is -1.95. The summed E-state index contributed by atoms with van der Waals surface area (Å²) >= 11 is 8.18. The lowest BCUT2D eigenvalue weighted by Gasteiger charge is -2.33. The Bertz CT molecular complexity index is 1090. The predicted octanol–water partition coefficient (Wildman–Crippen LogP) is 5.85. The first kappa shape index (κ1) is 20.0. The maximum Gasteiger partial charge on any atom is 0.221 e. The van der Waals surface area contributed by atoms with Gasteiger partial charge in [0.25, 0.3) is 0 Å². The minimum Gasteiger partial charge on any atom is -0.361 e. The molecule has 4 nitrogen and oxygen atoms in total. The smallest absolute Gasteiger partial charge is 0.221 e.